The van der Waals surface area contributed by atoms with Crippen molar-refractivity contribution in [1.82, 2.24) is 0 Å². The summed E-state index contributed by atoms with van der Waals surface area (Å²) in [7, 11) is 0. The zero-order chi connectivity index (χ0) is 20.6. The highest BCUT2D eigenvalue weighted by Crippen LogP contribution is 2.42. The molecule has 2 aromatic carbocycles. The molecule has 3 rings (SSSR count). The molecule has 28 heavy (non-hydrogen) atoms. The summed E-state index contributed by atoms with van der Waals surface area (Å²) in [5.41, 5.74) is 7.15. The Hall–Kier alpha value is -2.41. The van der Waals surface area contributed by atoms with E-state index in [-0.39, 0.29) is 28.3 Å². The topological polar surface area (TPSA) is 83.7 Å². The molecule has 8 heteroatoms. The van der Waals surface area contributed by atoms with Gasteiger partial charge in [0.15, 0.2) is 11.8 Å². The van der Waals surface area contributed by atoms with Crippen LogP contribution in [0.2, 0.25) is 10.0 Å². The SMILES string of the molecule is CC(C)C(=O)CN1C(=O)C(N)C(=O)N(c2ccccc2)c2cc(Cl)c(Cl)cc21. The molecule has 146 valence electrons. The highest BCUT2D eigenvalue weighted by molar-refractivity contribution is 6.43. The van der Waals surface area contributed by atoms with Gasteiger partial charge < -0.3 is 10.6 Å². The van der Waals surface area contributed by atoms with E-state index in [2.05, 4.69) is 0 Å². The lowest BCUT2D eigenvalue weighted by Crippen LogP contribution is -2.51. The number of nitrogens with two attached hydrogens (primary N) is 1. The monoisotopic (exact) mass is 419 g/mol. The number of benzene rings is 2. The van der Waals surface area contributed by atoms with Crippen LogP contribution in [0, 0.1) is 5.92 Å². The highest BCUT2D eigenvalue weighted by atomic mass is 35.5. The Balaban J connectivity index is 2.25. The van der Waals surface area contributed by atoms with Crippen molar-refractivity contribution >= 4 is 57.9 Å². The number of halogens is 2. The van der Waals surface area contributed by atoms with Crippen LogP contribution in [0.4, 0.5) is 17.1 Å². The number of carbonyl (C=O) groups excluding carboxylic acids is 3. The second-order valence-electron chi connectivity index (χ2n) is 6.79. The van der Waals surface area contributed by atoms with Crippen LogP contribution in [0.1, 0.15) is 13.8 Å². The number of ketones is 1. The van der Waals surface area contributed by atoms with E-state index in [1.807, 2.05) is 0 Å². The maximum absolute atomic E-state index is 13.1. The summed E-state index contributed by atoms with van der Waals surface area (Å²) in [4.78, 5) is 41.0. The van der Waals surface area contributed by atoms with Crippen LogP contribution in [0.15, 0.2) is 42.5 Å². The van der Waals surface area contributed by atoms with Crippen molar-refractivity contribution in [3.05, 3.63) is 52.5 Å². The number of nitrogens with zero attached hydrogens (tertiary/aromatic N) is 2. The molecule has 2 amide bonds. The molecule has 0 bridgehead atoms. The normalized spacial score (nSPS) is 17.0. The minimum absolute atomic E-state index is 0.168. The van der Waals surface area contributed by atoms with Gasteiger partial charge in [-0.25, -0.2) is 0 Å². The van der Waals surface area contributed by atoms with Crippen molar-refractivity contribution in [3.63, 3.8) is 0 Å². The molecule has 0 saturated carbocycles. The molecule has 0 aromatic heterocycles. The van der Waals surface area contributed by atoms with Crippen LogP contribution in [0.25, 0.3) is 0 Å². The van der Waals surface area contributed by atoms with E-state index in [1.54, 1.807) is 44.2 Å². The summed E-state index contributed by atoms with van der Waals surface area (Å²) in [6.45, 7) is 3.26. The summed E-state index contributed by atoms with van der Waals surface area (Å²) >= 11 is 12.4. The fourth-order valence-electron chi connectivity index (χ4n) is 2.92. The van der Waals surface area contributed by atoms with Crippen LogP contribution in [-0.2, 0) is 14.4 Å². The van der Waals surface area contributed by atoms with E-state index in [4.69, 9.17) is 28.9 Å². The van der Waals surface area contributed by atoms with Gasteiger partial charge in [-0.1, -0.05) is 55.2 Å². The van der Waals surface area contributed by atoms with Gasteiger partial charge in [0, 0.05) is 11.6 Å². The molecule has 1 aliphatic heterocycles. The molecule has 1 unspecified atom stereocenters. The Morgan fingerprint density at radius 3 is 2.18 bits per heavy atom. The van der Waals surface area contributed by atoms with Crippen molar-refractivity contribution in [3.8, 4) is 0 Å². The van der Waals surface area contributed by atoms with Crippen LogP contribution in [0.3, 0.4) is 0 Å². The van der Waals surface area contributed by atoms with Crippen LogP contribution >= 0.6 is 23.2 Å². The van der Waals surface area contributed by atoms with Gasteiger partial charge in [-0.3, -0.25) is 19.3 Å². The second-order valence-corrected chi connectivity index (χ2v) is 7.60. The number of para-hydroxylation sites is 1. The predicted octanol–water partition coefficient (Wildman–Crippen LogP) is 3.56. The molecule has 0 aliphatic carbocycles. The smallest absolute Gasteiger partial charge is 0.258 e. The first-order valence-corrected chi connectivity index (χ1v) is 9.45. The number of amides is 2. The Morgan fingerprint density at radius 2 is 1.61 bits per heavy atom. The molecule has 2 aromatic rings. The van der Waals surface area contributed by atoms with Crippen molar-refractivity contribution in [1.29, 1.82) is 0 Å². The second kappa shape index (κ2) is 7.91. The van der Waals surface area contributed by atoms with Crippen molar-refractivity contribution in [2.75, 3.05) is 16.3 Å². The average Bonchev–Trinajstić information content (AvgIpc) is 2.74. The third-order valence-electron chi connectivity index (χ3n) is 4.54. The van der Waals surface area contributed by atoms with Gasteiger partial charge in [-0.05, 0) is 24.3 Å². The van der Waals surface area contributed by atoms with Gasteiger partial charge in [-0.15, -0.1) is 0 Å². The van der Waals surface area contributed by atoms with E-state index in [1.165, 1.54) is 21.9 Å². The first-order valence-electron chi connectivity index (χ1n) is 8.70. The molecule has 0 fully saturated rings. The van der Waals surface area contributed by atoms with Crippen molar-refractivity contribution < 1.29 is 14.4 Å². The molecular weight excluding hydrogens is 401 g/mol. The van der Waals surface area contributed by atoms with Crippen molar-refractivity contribution in [2.24, 2.45) is 11.7 Å². The maximum atomic E-state index is 13.1. The minimum Gasteiger partial charge on any atom is -0.312 e. The number of Topliss-reactive ketones (excluding diaryl/α,β-unsaturated/α-hetero) is 1. The average molecular weight is 420 g/mol. The summed E-state index contributed by atoms with van der Waals surface area (Å²) in [5, 5.41) is 0.415. The number of fused-ring (bicyclic) bond motifs is 1. The van der Waals surface area contributed by atoms with Gasteiger partial charge in [-0.2, -0.15) is 0 Å². The molecule has 0 saturated heterocycles. The van der Waals surface area contributed by atoms with Crippen LogP contribution in [0.5, 0.6) is 0 Å². The zero-order valence-corrected chi connectivity index (χ0v) is 16.9. The van der Waals surface area contributed by atoms with Gasteiger partial charge in [0.2, 0.25) is 0 Å². The Bertz CT molecular complexity index is 947. The quantitative estimate of drug-likeness (QED) is 0.767. The molecule has 1 aliphatic rings. The van der Waals surface area contributed by atoms with Crippen LogP contribution in [-0.4, -0.2) is 30.2 Å². The van der Waals surface area contributed by atoms with Crippen LogP contribution < -0.4 is 15.5 Å². The van der Waals surface area contributed by atoms with E-state index in [0.29, 0.717) is 17.1 Å². The molecule has 0 spiro atoms. The van der Waals surface area contributed by atoms with Gasteiger partial charge in [0.05, 0.1) is 28.0 Å². The van der Waals surface area contributed by atoms with Gasteiger partial charge >= 0.3 is 0 Å². The molecule has 1 heterocycles. The first kappa shape index (κ1) is 20.3. The third kappa shape index (κ3) is 3.63. The number of carbonyl (C=O) groups is 3. The molecule has 6 nitrogen and oxygen atoms in total. The van der Waals surface area contributed by atoms with E-state index in [0.717, 1.165) is 0 Å². The van der Waals surface area contributed by atoms with Crippen molar-refractivity contribution in [2.45, 2.75) is 19.9 Å². The Labute approximate surface area is 172 Å². The maximum Gasteiger partial charge on any atom is 0.258 e. The number of hydrogen-bond donors (Lipinski definition) is 1. The lowest BCUT2D eigenvalue weighted by atomic mass is 10.1. The van der Waals surface area contributed by atoms with E-state index >= 15 is 0 Å². The fraction of sp³-hybridized carbons (Fsp3) is 0.250. The Morgan fingerprint density at radius 1 is 1.04 bits per heavy atom. The van der Waals surface area contributed by atoms with E-state index in [9.17, 15) is 14.4 Å². The lowest BCUT2D eigenvalue weighted by Gasteiger charge is -2.26. The third-order valence-corrected chi connectivity index (χ3v) is 5.26. The molecule has 0 radical (unpaired) electrons. The summed E-state index contributed by atoms with van der Waals surface area (Å²) in [6, 6.07) is 10.3. The summed E-state index contributed by atoms with van der Waals surface area (Å²) < 4.78 is 0. The lowest BCUT2D eigenvalue weighted by molar-refractivity contribution is -0.129. The number of hydrogen-bond acceptors (Lipinski definition) is 4. The standard InChI is InChI=1S/C20H19Cl2N3O3/c1-11(2)17(26)10-24-15-8-13(21)14(22)9-16(15)25(12-6-4-3-5-7-12)20(28)18(23)19(24)27/h3-9,11,18H,10,23H2,1-2H3. The number of rotatable bonds is 4. The van der Waals surface area contributed by atoms with E-state index < -0.39 is 17.9 Å². The molecular formula is C20H19Cl2N3O3. The fourth-order valence-corrected chi connectivity index (χ4v) is 3.23. The number of anilines is 3. The summed E-state index contributed by atoms with van der Waals surface area (Å²) in [5.74, 6) is -1.75. The minimum atomic E-state index is -1.47. The largest absolute Gasteiger partial charge is 0.312 e. The molecule has 1 atom stereocenters. The Kier molecular flexibility index (Phi) is 5.74. The first-order chi connectivity index (χ1) is 13.2. The highest BCUT2D eigenvalue weighted by Gasteiger charge is 2.40. The predicted molar refractivity (Wildman–Crippen MR) is 110 cm³/mol. The summed E-state index contributed by atoms with van der Waals surface area (Å²) in [6.07, 6.45) is 0. The molecule has 2 N–H and O–H groups in total. The zero-order valence-electron chi connectivity index (χ0n) is 15.4. The van der Waals surface area contributed by atoms with Gasteiger partial charge in [0.25, 0.3) is 11.8 Å². The van der Waals surface area contributed by atoms with Gasteiger partial charge in [0.1, 0.15) is 0 Å².